The van der Waals surface area contributed by atoms with Crippen molar-refractivity contribution >= 4 is 5.78 Å². The normalized spacial score (nSPS) is 12.5. The minimum absolute atomic E-state index is 0.0822. The van der Waals surface area contributed by atoms with Gasteiger partial charge in [0.1, 0.15) is 5.78 Å². The van der Waals surface area contributed by atoms with E-state index in [9.17, 15) is 13.6 Å². The number of Topliss-reactive ketones (excluding diaryl/α,β-unsaturated/α-hetero) is 1. The van der Waals surface area contributed by atoms with E-state index < -0.39 is 11.6 Å². The van der Waals surface area contributed by atoms with Crippen molar-refractivity contribution in [3.63, 3.8) is 0 Å². The molecule has 0 heterocycles. The van der Waals surface area contributed by atoms with Crippen LogP contribution < -0.4 is 0 Å². The Morgan fingerprint density at radius 2 is 2.00 bits per heavy atom. The molecular weight excluding hydrogens is 222 g/mol. The first-order chi connectivity index (χ1) is 8.10. The predicted molar refractivity (Wildman–Crippen MR) is 63.9 cm³/mol. The van der Waals surface area contributed by atoms with Gasteiger partial charge in [0, 0.05) is 12.8 Å². The lowest BCUT2D eigenvalue weighted by Gasteiger charge is -2.15. The van der Waals surface area contributed by atoms with Crippen LogP contribution in [0.4, 0.5) is 8.78 Å². The molecule has 17 heavy (non-hydrogen) atoms. The Kier molecular flexibility index (Phi) is 5.26. The fourth-order valence-electron chi connectivity index (χ4n) is 1.93. The molecule has 1 unspecified atom stereocenters. The molecule has 1 rings (SSSR count). The van der Waals surface area contributed by atoms with E-state index >= 15 is 0 Å². The van der Waals surface area contributed by atoms with Gasteiger partial charge in [-0.05, 0) is 30.4 Å². The molecule has 1 aromatic carbocycles. The Morgan fingerprint density at radius 3 is 2.59 bits per heavy atom. The summed E-state index contributed by atoms with van der Waals surface area (Å²) in [6.07, 6.45) is 2.23. The maximum absolute atomic E-state index is 13.6. The van der Waals surface area contributed by atoms with Gasteiger partial charge >= 0.3 is 0 Å². The van der Waals surface area contributed by atoms with Crippen LogP contribution in [-0.2, 0) is 4.79 Å². The van der Waals surface area contributed by atoms with E-state index in [4.69, 9.17) is 0 Å². The lowest BCUT2D eigenvalue weighted by Crippen LogP contribution is -2.05. The smallest absolute Gasteiger partial charge is 0.162 e. The lowest BCUT2D eigenvalue weighted by molar-refractivity contribution is -0.118. The van der Waals surface area contributed by atoms with Gasteiger partial charge in [0.05, 0.1) is 0 Å². The molecule has 0 amide bonds. The topological polar surface area (TPSA) is 17.1 Å². The summed E-state index contributed by atoms with van der Waals surface area (Å²) in [6.45, 7) is 3.73. The largest absolute Gasteiger partial charge is 0.300 e. The van der Waals surface area contributed by atoms with Crippen LogP contribution in [-0.4, -0.2) is 5.78 Å². The summed E-state index contributed by atoms with van der Waals surface area (Å²) < 4.78 is 26.7. The van der Waals surface area contributed by atoms with E-state index in [0.29, 0.717) is 31.2 Å². The van der Waals surface area contributed by atoms with Crippen LogP contribution >= 0.6 is 0 Å². The van der Waals surface area contributed by atoms with E-state index in [1.165, 1.54) is 6.07 Å². The average molecular weight is 240 g/mol. The summed E-state index contributed by atoms with van der Waals surface area (Å²) in [5.41, 5.74) is 0.386. The number of carbonyl (C=O) groups excluding carboxylic acids is 1. The molecule has 94 valence electrons. The van der Waals surface area contributed by atoms with Gasteiger partial charge < -0.3 is 0 Å². The SMILES string of the molecule is CCC(=O)CCC(CC)c1cccc(F)c1F. The number of rotatable bonds is 6. The highest BCUT2D eigenvalue weighted by Gasteiger charge is 2.17. The molecule has 1 atom stereocenters. The fraction of sp³-hybridized carbons (Fsp3) is 0.500. The molecule has 0 aliphatic carbocycles. The third-order valence-corrected chi connectivity index (χ3v) is 3.08. The molecule has 0 radical (unpaired) electrons. The second kappa shape index (κ2) is 6.48. The van der Waals surface area contributed by atoms with Crippen LogP contribution in [0, 0.1) is 11.6 Å². The zero-order valence-electron chi connectivity index (χ0n) is 10.3. The molecule has 0 aromatic heterocycles. The predicted octanol–water partition coefficient (Wildman–Crippen LogP) is 4.22. The molecule has 0 saturated carbocycles. The Morgan fingerprint density at radius 1 is 1.29 bits per heavy atom. The van der Waals surface area contributed by atoms with Gasteiger partial charge in [0.15, 0.2) is 11.6 Å². The van der Waals surface area contributed by atoms with E-state index in [0.717, 1.165) is 6.07 Å². The summed E-state index contributed by atoms with van der Waals surface area (Å²) in [7, 11) is 0. The number of hydrogen-bond acceptors (Lipinski definition) is 1. The van der Waals surface area contributed by atoms with Crippen molar-refractivity contribution in [2.75, 3.05) is 0 Å². The average Bonchev–Trinajstić information content (AvgIpc) is 2.34. The lowest BCUT2D eigenvalue weighted by atomic mass is 9.90. The Balaban J connectivity index is 2.79. The van der Waals surface area contributed by atoms with E-state index in [2.05, 4.69) is 0 Å². The zero-order chi connectivity index (χ0) is 12.8. The third kappa shape index (κ3) is 3.62. The van der Waals surface area contributed by atoms with E-state index in [1.807, 2.05) is 13.8 Å². The quantitative estimate of drug-likeness (QED) is 0.727. The van der Waals surface area contributed by atoms with Crippen LogP contribution in [0.2, 0.25) is 0 Å². The van der Waals surface area contributed by atoms with Crippen molar-refractivity contribution in [1.82, 2.24) is 0 Å². The van der Waals surface area contributed by atoms with Crippen LogP contribution in [0.1, 0.15) is 51.0 Å². The highest BCUT2D eigenvalue weighted by Crippen LogP contribution is 2.28. The second-order valence-electron chi connectivity index (χ2n) is 4.18. The third-order valence-electron chi connectivity index (χ3n) is 3.08. The maximum Gasteiger partial charge on any atom is 0.162 e. The second-order valence-corrected chi connectivity index (χ2v) is 4.18. The van der Waals surface area contributed by atoms with E-state index in [1.54, 1.807) is 6.07 Å². The first kappa shape index (κ1) is 13.8. The van der Waals surface area contributed by atoms with Crippen molar-refractivity contribution in [2.45, 2.75) is 45.4 Å². The van der Waals surface area contributed by atoms with Crippen LogP contribution in [0.5, 0.6) is 0 Å². The molecule has 0 N–H and O–H groups in total. The van der Waals surface area contributed by atoms with Crippen LogP contribution in [0.25, 0.3) is 0 Å². The number of hydrogen-bond donors (Lipinski definition) is 0. The van der Waals surface area contributed by atoms with Crippen molar-refractivity contribution in [2.24, 2.45) is 0 Å². The van der Waals surface area contributed by atoms with Crippen molar-refractivity contribution in [3.05, 3.63) is 35.4 Å². The van der Waals surface area contributed by atoms with Crippen molar-refractivity contribution in [3.8, 4) is 0 Å². The van der Waals surface area contributed by atoms with Gasteiger partial charge in [-0.25, -0.2) is 8.78 Å². The Labute approximate surface area is 101 Å². The van der Waals surface area contributed by atoms with Crippen molar-refractivity contribution in [1.29, 1.82) is 0 Å². The van der Waals surface area contributed by atoms with Gasteiger partial charge in [-0.2, -0.15) is 0 Å². The number of halogens is 2. The zero-order valence-corrected chi connectivity index (χ0v) is 10.3. The fourth-order valence-corrected chi connectivity index (χ4v) is 1.93. The van der Waals surface area contributed by atoms with Crippen molar-refractivity contribution < 1.29 is 13.6 Å². The molecule has 0 bridgehead atoms. The molecular formula is C14H18F2O. The van der Waals surface area contributed by atoms with Gasteiger partial charge in [-0.3, -0.25) is 4.79 Å². The molecule has 1 nitrogen and oxygen atoms in total. The summed E-state index contributed by atoms with van der Waals surface area (Å²) in [5, 5.41) is 0. The number of ketones is 1. The molecule has 0 spiro atoms. The van der Waals surface area contributed by atoms with Gasteiger partial charge in [0.25, 0.3) is 0 Å². The molecule has 3 heteroatoms. The van der Waals surface area contributed by atoms with E-state index in [-0.39, 0.29) is 11.7 Å². The molecule has 0 aliphatic heterocycles. The van der Waals surface area contributed by atoms with Crippen LogP contribution in [0.3, 0.4) is 0 Å². The minimum atomic E-state index is -0.817. The minimum Gasteiger partial charge on any atom is -0.300 e. The maximum atomic E-state index is 13.6. The molecule has 0 aliphatic rings. The summed E-state index contributed by atoms with van der Waals surface area (Å²) >= 11 is 0. The first-order valence-electron chi connectivity index (χ1n) is 6.05. The van der Waals surface area contributed by atoms with Crippen LogP contribution in [0.15, 0.2) is 18.2 Å². The Bertz CT molecular complexity index is 388. The standard InChI is InChI=1S/C14H18F2O/c1-3-10(8-9-11(17)4-2)12-6-5-7-13(15)14(12)16/h5-7,10H,3-4,8-9H2,1-2H3. The van der Waals surface area contributed by atoms with Gasteiger partial charge in [-0.1, -0.05) is 26.0 Å². The highest BCUT2D eigenvalue weighted by molar-refractivity contribution is 5.78. The highest BCUT2D eigenvalue weighted by atomic mass is 19.2. The summed E-state index contributed by atoms with van der Waals surface area (Å²) in [4.78, 5) is 11.2. The molecule has 0 fully saturated rings. The molecule has 1 aromatic rings. The monoisotopic (exact) mass is 240 g/mol. The van der Waals surface area contributed by atoms with Gasteiger partial charge in [-0.15, -0.1) is 0 Å². The molecule has 0 saturated heterocycles. The Hall–Kier alpha value is -1.25. The summed E-state index contributed by atoms with van der Waals surface area (Å²) in [6, 6.07) is 4.23. The first-order valence-corrected chi connectivity index (χ1v) is 6.05. The number of carbonyl (C=O) groups is 1. The summed E-state index contributed by atoms with van der Waals surface area (Å²) in [5.74, 6) is -1.51. The van der Waals surface area contributed by atoms with Gasteiger partial charge in [0.2, 0.25) is 0 Å². The number of benzene rings is 1.